The summed E-state index contributed by atoms with van der Waals surface area (Å²) in [6, 6.07) is 7.37. The molecule has 0 radical (unpaired) electrons. The van der Waals surface area contributed by atoms with Gasteiger partial charge in [-0.2, -0.15) is 0 Å². The summed E-state index contributed by atoms with van der Waals surface area (Å²) in [5.41, 5.74) is 0.503. The maximum Gasteiger partial charge on any atom is 0.191 e. The van der Waals surface area contributed by atoms with E-state index in [2.05, 4.69) is 15.6 Å². The molecule has 1 unspecified atom stereocenters. The highest BCUT2D eigenvalue weighted by atomic mass is 127. The molecule has 3 N–H and O–H groups in total. The predicted octanol–water partition coefficient (Wildman–Crippen LogP) is 2.33. The Labute approximate surface area is 162 Å². The first-order chi connectivity index (χ1) is 10.9. The van der Waals surface area contributed by atoms with Crippen molar-refractivity contribution in [2.75, 3.05) is 33.9 Å². The first-order valence-corrected chi connectivity index (χ1v) is 7.81. The lowest BCUT2D eigenvalue weighted by Crippen LogP contribution is -2.40. The number of aliphatic imine (C=N–C) groups is 1. The van der Waals surface area contributed by atoms with E-state index in [0.29, 0.717) is 19.0 Å². The van der Waals surface area contributed by atoms with E-state index in [1.165, 1.54) is 0 Å². The van der Waals surface area contributed by atoms with Gasteiger partial charge in [-0.25, -0.2) is 0 Å². The molecular weight excluding hydrogens is 421 g/mol. The molecule has 0 saturated carbocycles. The van der Waals surface area contributed by atoms with Crippen LogP contribution in [-0.2, 0) is 4.74 Å². The maximum absolute atomic E-state index is 10.3. The molecular formula is C17H30IN3O3. The van der Waals surface area contributed by atoms with E-state index >= 15 is 0 Å². The van der Waals surface area contributed by atoms with Crippen molar-refractivity contribution in [3.05, 3.63) is 29.8 Å². The van der Waals surface area contributed by atoms with Crippen LogP contribution < -0.4 is 15.4 Å². The van der Waals surface area contributed by atoms with E-state index < -0.39 is 6.10 Å². The van der Waals surface area contributed by atoms with Crippen molar-refractivity contribution in [3.8, 4) is 5.75 Å². The van der Waals surface area contributed by atoms with Gasteiger partial charge >= 0.3 is 0 Å². The van der Waals surface area contributed by atoms with E-state index in [1.807, 2.05) is 45.0 Å². The van der Waals surface area contributed by atoms with Crippen molar-refractivity contribution in [2.45, 2.75) is 32.5 Å². The summed E-state index contributed by atoms with van der Waals surface area (Å²) in [6.07, 6.45) is -0.625. The molecule has 1 aromatic rings. The maximum atomic E-state index is 10.3. The largest absolute Gasteiger partial charge is 0.497 e. The molecule has 1 rings (SSSR count). The summed E-state index contributed by atoms with van der Waals surface area (Å²) in [6.45, 7) is 7.60. The normalized spacial score (nSPS) is 13.0. The number of ether oxygens (including phenoxy) is 2. The molecule has 0 aliphatic rings. The van der Waals surface area contributed by atoms with Gasteiger partial charge in [0.2, 0.25) is 0 Å². The van der Waals surface area contributed by atoms with Crippen molar-refractivity contribution in [1.82, 2.24) is 10.6 Å². The van der Waals surface area contributed by atoms with Gasteiger partial charge in [-0.1, -0.05) is 12.1 Å². The number of rotatable bonds is 8. The van der Waals surface area contributed by atoms with Crippen LogP contribution in [-0.4, -0.2) is 50.5 Å². The molecule has 0 amide bonds. The molecule has 0 fully saturated rings. The summed E-state index contributed by atoms with van der Waals surface area (Å²) in [4.78, 5) is 4.49. The van der Waals surface area contributed by atoms with Crippen LogP contribution in [0.25, 0.3) is 0 Å². The Bertz CT molecular complexity index is 492. The highest BCUT2D eigenvalue weighted by molar-refractivity contribution is 14.0. The van der Waals surface area contributed by atoms with E-state index in [0.717, 1.165) is 17.9 Å². The number of benzene rings is 1. The number of nitrogens with zero attached hydrogens (tertiary/aromatic N) is 1. The first kappa shape index (κ1) is 22.9. The van der Waals surface area contributed by atoms with Crippen LogP contribution in [0, 0.1) is 0 Å². The number of hydrogen-bond acceptors (Lipinski definition) is 4. The fourth-order valence-corrected chi connectivity index (χ4v) is 1.81. The number of nitrogens with one attached hydrogen (secondary N) is 2. The Morgan fingerprint density at radius 1 is 1.21 bits per heavy atom. The van der Waals surface area contributed by atoms with Crippen molar-refractivity contribution >= 4 is 29.9 Å². The summed E-state index contributed by atoms with van der Waals surface area (Å²) in [5, 5.41) is 16.6. The number of halogens is 1. The quantitative estimate of drug-likeness (QED) is 0.322. The third-order valence-corrected chi connectivity index (χ3v) is 3.48. The lowest BCUT2D eigenvalue weighted by atomic mass is 10.1. The minimum Gasteiger partial charge on any atom is -0.497 e. The third-order valence-electron chi connectivity index (χ3n) is 3.48. The Hall–Kier alpha value is -1.06. The van der Waals surface area contributed by atoms with Crippen LogP contribution in [0.2, 0.25) is 0 Å². The zero-order valence-electron chi connectivity index (χ0n) is 15.1. The topological polar surface area (TPSA) is 75.1 Å². The van der Waals surface area contributed by atoms with E-state index in [1.54, 1.807) is 14.2 Å². The molecule has 1 aromatic carbocycles. The smallest absolute Gasteiger partial charge is 0.191 e. The van der Waals surface area contributed by atoms with E-state index in [-0.39, 0.29) is 29.6 Å². The number of methoxy groups -OCH3 is 2. The molecule has 138 valence electrons. The molecule has 24 heavy (non-hydrogen) atoms. The third kappa shape index (κ3) is 8.16. The van der Waals surface area contributed by atoms with Crippen LogP contribution >= 0.6 is 24.0 Å². The Morgan fingerprint density at radius 3 is 2.33 bits per heavy atom. The van der Waals surface area contributed by atoms with Crippen molar-refractivity contribution < 1.29 is 14.6 Å². The van der Waals surface area contributed by atoms with Gasteiger partial charge in [0.25, 0.3) is 0 Å². The molecule has 0 saturated heterocycles. The molecule has 0 bridgehead atoms. The highest BCUT2D eigenvalue weighted by Gasteiger charge is 2.16. The van der Waals surface area contributed by atoms with Gasteiger partial charge in [0.15, 0.2) is 5.96 Å². The van der Waals surface area contributed by atoms with Gasteiger partial charge in [-0.15, -0.1) is 24.0 Å². The van der Waals surface area contributed by atoms with Crippen molar-refractivity contribution in [3.63, 3.8) is 0 Å². The average molecular weight is 451 g/mol. The fraction of sp³-hybridized carbons (Fsp3) is 0.588. The zero-order chi connectivity index (χ0) is 17.3. The molecule has 6 nitrogen and oxygen atoms in total. The van der Waals surface area contributed by atoms with Crippen LogP contribution in [0.3, 0.4) is 0 Å². The monoisotopic (exact) mass is 451 g/mol. The molecule has 0 aliphatic carbocycles. The van der Waals surface area contributed by atoms with Crippen LogP contribution in [0.1, 0.15) is 32.4 Å². The summed E-state index contributed by atoms with van der Waals surface area (Å²) in [5.74, 6) is 1.43. The van der Waals surface area contributed by atoms with Crippen LogP contribution in [0.5, 0.6) is 5.75 Å². The number of aliphatic hydroxyl groups is 1. The molecule has 0 aliphatic heterocycles. The molecule has 0 aromatic heterocycles. The van der Waals surface area contributed by atoms with Gasteiger partial charge in [-0.3, -0.25) is 4.99 Å². The molecule has 0 spiro atoms. The summed E-state index contributed by atoms with van der Waals surface area (Å²) >= 11 is 0. The Kier molecular flexibility index (Phi) is 11.0. The second-order valence-corrected chi connectivity index (χ2v) is 5.83. The molecule has 7 heteroatoms. The summed E-state index contributed by atoms with van der Waals surface area (Å²) in [7, 11) is 3.29. The molecule has 0 heterocycles. The Morgan fingerprint density at radius 2 is 1.83 bits per heavy atom. The van der Waals surface area contributed by atoms with Crippen molar-refractivity contribution in [2.24, 2.45) is 4.99 Å². The lowest BCUT2D eigenvalue weighted by molar-refractivity contribution is 0.0310. The Balaban J connectivity index is 0.00000529. The SMILES string of the molecule is CCNC(=NCC(C)(C)OC)NCC(O)c1ccc(OC)cc1.I. The van der Waals surface area contributed by atoms with Gasteiger partial charge in [-0.05, 0) is 38.5 Å². The van der Waals surface area contributed by atoms with Crippen molar-refractivity contribution in [1.29, 1.82) is 0 Å². The number of hydrogen-bond donors (Lipinski definition) is 3. The molecule has 1 atom stereocenters. The minimum absolute atomic E-state index is 0. The minimum atomic E-state index is -0.625. The predicted molar refractivity (Wildman–Crippen MR) is 108 cm³/mol. The second-order valence-electron chi connectivity index (χ2n) is 5.83. The first-order valence-electron chi connectivity index (χ1n) is 7.81. The van der Waals surface area contributed by atoms with Gasteiger partial charge in [0, 0.05) is 20.2 Å². The summed E-state index contributed by atoms with van der Waals surface area (Å²) < 4.78 is 10.5. The number of aliphatic hydroxyl groups excluding tert-OH is 1. The fourth-order valence-electron chi connectivity index (χ4n) is 1.81. The second kappa shape index (κ2) is 11.5. The van der Waals surface area contributed by atoms with Gasteiger partial charge in [0.05, 0.1) is 25.4 Å². The van der Waals surface area contributed by atoms with E-state index in [4.69, 9.17) is 9.47 Å². The number of guanidine groups is 1. The van der Waals surface area contributed by atoms with Crippen LogP contribution in [0.15, 0.2) is 29.3 Å². The lowest BCUT2D eigenvalue weighted by Gasteiger charge is -2.21. The highest BCUT2D eigenvalue weighted by Crippen LogP contribution is 2.16. The zero-order valence-corrected chi connectivity index (χ0v) is 17.5. The van der Waals surface area contributed by atoms with E-state index in [9.17, 15) is 5.11 Å². The van der Waals surface area contributed by atoms with Gasteiger partial charge in [0.1, 0.15) is 5.75 Å². The van der Waals surface area contributed by atoms with Gasteiger partial charge < -0.3 is 25.2 Å². The standard InChI is InChI=1S/C17H29N3O3.HI/c1-6-18-16(20-12-17(2,3)23-5)19-11-15(21)13-7-9-14(22-4)10-8-13;/h7-10,15,21H,6,11-12H2,1-5H3,(H2,18,19,20);1H. The average Bonchev–Trinajstić information content (AvgIpc) is 2.57. The van der Waals surface area contributed by atoms with Crippen LogP contribution in [0.4, 0.5) is 0 Å².